The molecular weight excluding hydrogens is 687 g/mol. The minimum atomic E-state index is -0.537. The van der Waals surface area contributed by atoms with Gasteiger partial charge in [0.15, 0.2) is 0 Å². The van der Waals surface area contributed by atoms with Crippen molar-refractivity contribution in [2.45, 2.75) is 24.7 Å². The van der Waals surface area contributed by atoms with Crippen molar-refractivity contribution >= 4 is 27.8 Å². The second-order valence-corrected chi connectivity index (χ2v) is 15.5. The molecule has 0 fully saturated rings. The van der Waals surface area contributed by atoms with Gasteiger partial charge in [-0.2, -0.15) is 0 Å². The summed E-state index contributed by atoms with van der Waals surface area (Å²) < 4.78 is 0. The summed E-state index contributed by atoms with van der Waals surface area (Å²) in [5.74, 6) is 0. The molecule has 57 heavy (non-hydrogen) atoms. The maximum absolute atomic E-state index is 2.50. The first kappa shape index (κ1) is 33.4. The third-order valence-electron chi connectivity index (χ3n) is 12.5. The monoisotopic (exact) mass is 727 g/mol. The van der Waals surface area contributed by atoms with Crippen LogP contribution in [0.1, 0.15) is 39.8 Å². The zero-order valence-corrected chi connectivity index (χ0v) is 31.8. The summed E-state index contributed by atoms with van der Waals surface area (Å²) in [6.45, 7) is 0. The first-order chi connectivity index (χ1) is 28.3. The molecular formula is C56H41N. The number of hydrogen-bond donors (Lipinski definition) is 0. The Morgan fingerprint density at radius 3 is 1.67 bits per heavy atom. The second-order valence-electron chi connectivity index (χ2n) is 15.5. The number of benzene rings is 9. The van der Waals surface area contributed by atoms with Crippen LogP contribution in [0.15, 0.2) is 212 Å². The molecule has 2 aliphatic carbocycles. The minimum absolute atomic E-state index is 0.537. The Hall–Kier alpha value is -6.96. The molecule has 2 aliphatic rings. The number of fused-ring (bicyclic) bond motifs is 8. The molecule has 0 atom stereocenters. The largest absolute Gasteiger partial charge is 0.310 e. The third-order valence-corrected chi connectivity index (χ3v) is 12.5. The predicted octanol–water partition coefficient (Wildman–Crippen LogP) is 14.5. The Kier molecular flexibility index (Phi) is 8.00. The SMILES string of the molecule is c1ccc(-c2ccc(N(c3ccc4c(c3)CCCc3ccccc3-4)c3ccc4c(c3)C(c3ccccc3)(c3ccccc3)c3c-4ccc4ccccc34)cc2)cc1. The molecule has 0 unspecified atom stereocenters. The molecule has 1 heteroatoms. The van der Waals surface area contributed by atoms with Gasteiger partial charge in [-0.25, -0.2) is 0 Å². The predicted molar refractivity (Wildman–Crippen MR) is 239 cm³/mol. The van der Waals surface area contributed by atoms with Gasteiger partial charge in [-0.3, -0.25) is 0 Å². The Balaban J connectivity index is 1.17. The molecule has 1 nitrogen and oxygen atoms in total. The number of anilines is 3. The van der Waals surface area contributed by atoms with E-state index in [-0.39, 0.29) is 0 Å². The van der Waals surface area contributed by atoms with Gasteiger partial charge in [-0.05, 0) is 133 Å². The van der Waals surface area contributed by atoms with Crippen molar-refractivity contribution < 1.29 is 0 Å². The van der Waals surface area contributed by atoms with Gasteiger partial charge in [-0.15, -0.1) is 0 Å². The van der Waals surface area contributed by atoms with Gasteiger partial charge in [0.1, 0.15) is 0 Å². The van der Waals surface area contributed by atoms with Gasteiger partial charge in [-0.1, -0.05) is 176 Å². The molecule has 0 bridgehead atoms. The van der Waals surface area contributed by atoms with Crippen LogP contribution in [0.4, 0.5) is 17.1 Å². The van der Waals surface area contributed by atoms with Crippen molar-refractivity contribution in [3.63, 3.8) is 0 Å². The normalized spacial score (nSPS) is 13.5. The van der Waals surface area contributed by atoms with Crippen LogP contribution < -0.4 is 4.90 Å². The van der Waals surface area contributed by atoms with E-state index in [0.29, 0.717) is 0 Å². The number of rotatable bonds is 6. The van der Waals surface area contributed by atoms with Gasteiger partial charge in [0.2, 0.25) is 0 Å². The van der Waals surface area contributed by atoms with Crippen LogP contribution in [-0.4, -0.2) is 0 Å². The molecule has 0 amide bonds. The number of nitrogens with zero attached hydrogens (tertiary/aromatic N) is 1. The van der Waals surface area contributed by atoms with E-state index in [2.05, 4.69) is 217 Å². The fourth-order valence-corrected chi connectivity index (χ4v) is 9.93. The van der Waals surface area contributed by atoms with Gasteiger partial charge >= 0.3 is 0 Å². The molecule has 11 rings (SSSR count). The molecule has 0 heterocycles. The maximum atomic E-state index is 2.50. The van der Waals surface area contributed by atoms with Crippen LogP contribution in [0.2, 0.25) is 0 Å². The molecule has 0 saturated heterocycles. The first-order valence-electron chi connectivity index (χ1n) is 20.2. The lowest BCUT2D eigenvalue weighted by Crippen LogP contribution is -2.29. The summed E-state index contributed by atoms with van der Waals surface area (Å²) in [7, 11) is 0. The number of hydrogen-bond acceptors (Lipinski definition) is 1. The Labute approximate surface area is 335 Å². The van der Waals surface area contributed by atoms with E-state index in [4.69, 9.17) is 0 Å². The zero-order chi connectivity index (χ0) is 37.8. The summed E-state index contributed by atoms with van der Waals surface area (Å²) in [4.78, 5) is 2.48. The highest BCUT2D eigenvalue weighted by atomic mass is 15.1. The van der Waals surface area contributed by atoms with E-state index >= 15 is 0 Å². The summed E-state index contributed by atoms with van der Waals surface area (Å²) in [5, 5.41) is 2.55. The Morgan fingerprint density at radius 2 is 0.912 bits per heavy atom. The van der Waals surface area contributed by atoms with Crippen LogP contribution in [0, 0.1) is 0 Å². The molecule has 0 radical (unpaired) electrons. The standard InChI is InChI=1S/C56H41N/c1-4-15-39(16-5-1)40-27-30-46(31-28-40)57(47-32-35-50-43(37-47)20-14-19-41-17-10-12-25-49(41)50)48-33-36-52-53-34-29-42-18-11-13-26-51(42)55(53)56(54(52)38-48,44-21-6-2-7-22-44)45-23-8-3-9-24-45/h1-13,15-18,21-38H,14,19-20H2. The van der Waals surface area contributed by atoms with E-state index in [1.807, 2.05) is 0 Å². The van der Waals surface area contributed by atoms with E-state index in [9.17, 15) is 0 Å². The average Bonchev–Trinajstić information content (AvgIpc) is 3.46. The quantitative estimate of drug-likeness (QED) is 0.165. The average molecular weight is 728 g/mol. The van der Waals surface area contributed by atoms with E-state index < -0.39 is 5.41 Å². The highest BCUT2D eigenvalue weighted by Crippen LogP contribution is 2.59. The van der Waals surface area contributed by atoms with Gasteiger partial charge in [0.05, 0.1) is 5.41 Å². The second kappa shape index (κ2) is 13.7. The van der Waals surface area contributed by atoms with Crippen LogP contribution in [-0.2, 0) is 18.3 Å². The Bertz CT molecular complexity index is 2870. The summed E-state index contributed by atoms with van der Waals surface area (Å²) in [6.07, 6.45) is 3.29. The topological polar surface area (TPSA) is 3.24 Å². The molecule has 9 aromatic rings. The molecule has 0 aliphatic heterocycles. The maximum Gasteiger partial charge on any atom is 0.0720 e. The molecule has 0 spiro atoms. The highest BCUT2D eigenvalue weighted by Gasteiger charge is 2.47. The van der Waals surface area contributed by atoms with Crippen LogP contribution in [0.25, 0.3) is 44.2 Å². The molecule has 270 valence electrons. The van der Waals surface area contributed by atoms with Crippen molar-refractivity contribution in [3.8, 4) is 33.4 Å². The Morgan fingerprint density at radius 1 is 0.368 bits per heavy atom. The highest BCUT2D eigenvalue weighted by molar-refractivity contribution is 6.01. The molecule has 9 aromatic carbocycles. The van der Waals surface area contributed by atoms with Crippen molar-refractivity contribution in [3.05, 3.63) is 246 Å². The zero-order valence-electron chi connectivity index (χ0n) is 31.8. The van der Waals surface area contributed by atoms with Crippen molar-refractivity contribution in [2.75, 3.05) is 4.90 Å². The van der Waals surface area contributed by atoms with Gasteiger partial charge in [0, 0.05) is 17.1 Å². The lowest BCUT2D eigenvalue weighted by atomic mass is 9.66. The van der Waals surface area contributed by atoms with Crippen LogP contribution >= 0.6 is 0 Å². The molecule has 0 aromatic heterocycles. The first-order valence-corrected chi connectivity index (χ1v) is 20.2. The van der Waals surface area contributed by atoms with Crippen molar-refractivity contribution in [1.82, 2.24) is 0 Å². The lowest BCUT2D eigenvalue weighted by Gasteiger charge is -2.35. The minimum Gasteiger partial charge on any atom is -0.310 e. The van der Waals surface area contributed by atoms with Crippen molar-refractivity contribution in [2.24, 2.45) is 0 Å². The summed E-state index contributed by atoms with van der Waals surface area (Å²) in [5.41, 5.74) is 18.7. The van der Waals surface area contributed by atoms with E-state index in [0.717, 1.165) is 30.6 Å². The van der Waals surface area contributed by atoms with Crippen LogP contribution in [0.5, 0.6) is 0 Å². The summed E-state index contributed by atoms with van der Waals surface area (Å²) >= 11 is 0. The van der Waals surface area contributed by atoms with Crippen molar-refractivity contribution in [1.29, 1.82) is 0 Å². The number of aryl methyl sites for hydroxylation is 2. The van der Waals surface area contributed by atoms with E-state index in [1.54, 1.807) is 0 Å². The third kappa shape index (κ3) is 5.38. The van der Waals surface area contributed by atoms with Gasteiger partial charge in [0.25, 0.3) is 0 Å². The van der Waals surface area contributed by atoms with Crippen LogP contribution in [0.3, 0.4) is 0 Å². The fraction of sp³-hybridized carbons (Fsp3) is 0.0714. The smallest absolute Gasteiger partial charge is 0.0720 e. The van der Waals surface area contributed by atoms with E-state index in [1.165, 1.54) is 83.2 Å². The van der Waals surface area contributed by atoms with Gasteiger partial charge < -0.3 is 4.90 Å². The molecule has 0 N–H and O–H groups in total. The fourth-order valence-electron chi connectivity index (χ4n) is 9.93. The lowest BCUT2D eigenvalue weighted by molar-refractivity contribution is 0.775. The summed E-state index contributed by atoms with van der Waals surface area (Å²) in [6, 6.07) is 79.1. The molecule has 0 saturated carbocycles.